The summed E-state index contributed by atoms with van der Waals surface area (Å²) in [5, 5.41) is 11.7. The van der Waals surface area contributed by atoms with Gasteiger partial charge in [0, 0.05) is 36.4 Å². The highest BCUT2D eigenvalue weighted by molar-refractivity contribution is 6.31. The Kier molecular flexibility index (Phi) is 10.9. The number of carbonyl (C=O) groups is 1. The first kappa shape index (κ1) is 30.9. The summed E-state index contributed by atoms with van der Waals surface area (Å²) in [7, 11) is 0. The third-order valence-electron chi connectivity index (χ3n) is 5.96. The zero-order valence-electron chi connectivity index (χ0n) is 22.1. The maximum atomic E-state index is 15.7. The van der Waals surface area contributed by atoms with Crippen LogP contribution in [0.5, 0.6) is 0 Å². The van der Waals surface area contributed by atoms with Crippen LogP contribution in [0, 0.1) is 12.7 Å². The van der Waals surface area contributed by atoms with Crippen LogP contribution in [-0.2, 0) is 6.42 Å². The molecule has 2 aromatic heterocycles. The lowest BCUT2D eigenvalue weighted by Crippen LogP contribution is -2.27. The van der Waals surface area contributed by atoms with Crippen LogP contribution in [-0.4, -0.2) is 39.4 Å². The van der Waals surface area contributed by atoms with Gasteiger partial charge in [0.05, 0.1) is 23.4 Å². The number of carbonyl (C=O) groups excluding carboxylic acids is 1. The van der Waals surface area contributed by atoms with E-state index in [-0.39, 0.29) is 35.2 Å². The molecule has 0 aliphatic rings. The number of hydrogen-bond acceptors (Lipinski definition) is 5. The average molecular weight is 589 g/mol. The third kappa shape index (κ3) is 7.29. The van der Waals surface area contributed by atoms with Gasteiger partial charge in [0.25, 0.3) is 11.5 Å². The van der Waals surface area contributed by atoms with Crippen LogP contribution in [0.1, 0.15) is 52.5 Å². The lowest BCUT2D eigenvalue weighted by atomic mass is 9.94. The van der Waals surface area contributed by atoms with Crippen molar-refractivity contribution in [3.8, 4) is 0 Å². The Hall–Kier alpha value is -3.66. The normalized spacial score (nSPS) is 13.1. The van der Waals surface area contributed by atoms with E-state index >= 15 is 8.78 Å². The number of pyridine rings is 2. The van der Waals surface area contributed by atoms with Crippen LogP contribution in [0.25, 0.3) is 6.20 Å². The van der Waals surface area contributed by atoms with Crippen molar-refractivity contribution >= 4 is 41.0 Å². The van der Waals surface area contributed by atoms with Gasteiger partial charge in [0.1, 0.15) is 16.6 Å². The van der Waals surface area contributed by atoms with E-state index < -0.39 is 28.8 Å². The highest BCUT2D eigenvalue weighted by Gasteiger charge is 2.22. The van der Waals surface area contributed by atoms with Crippen LogP contribution in [0.4, 0.5) is 8.78 Å². The molecule has 0 bridgehead atoms. The number of aliphatic imine (C=N–C) groups is 1. The first-order chi connectivity index (χ1) is 19.1. The van der Waals surface area contributed by atoms with Gasteiger partial charge < -0.3 is 10.4 Å². The number of benzene rings is 1. The second kappa shape index (κ2) is 14.1. The second-order valence-corrected chi connectivity index (χ2v) is 9.74. The molecule has 0 saturated carbocycles. The minimum absolute atomic E-state index is 0.0795. The Morgan fingerprint density at radius 2 is 1.98 bits per heavy atom. The summed E-state index contributed by atoms with van der Waals surface area (Å²) >= 11 is 12.5. The molecule has 0 aliphatic carbocycles. The standard InChI is InChI=1S/C29H28Cl2F2N4O3/c1-4-8-35-27(21-6-5-7-22(26(21)33)28(39)36-9-10-38)24(32)16-37-18(3)12-23(25(31)29(37)40)17(2)11-19-13-20(30)15-34-14-19/h4-8,12-17,38H,9-11H2,1-3H3,(H,36,39)/b8-4+,24-16-,35-27+. The third-order valence-corrected chi connectivity index (χ3v) is 6.54. The number of allylic oxidation sites excluding steroid dienone is 2. The number of aromatic nitrogens is 2. The van der Waals surface area contributed by atoms with E-state index in [0.29, 0.717) is 22.7 Å². The minimum atomic E-state index is -1.03. The topological polar surface area (TPSA) is 96.6 Å². The quantitative estimate of drug-likeness (QED) is 0.290. The molecule has 3 rings (SSSR count). The van der Waals surface area contributed by atoms with Gasteiger partial charge in [-0.3, -0.25) is 24.1 Å². The number of amides is 1. The summed E-state index contributed by atoms with van der Waals surface area (Å²) in [6.45, 7) is 4.75. The van der Waals surface area contributed by atoms with Crippen molar-refractivity contribution in [2.24, 2.45) is 4.99 Å². The molecule has 0 aliphatic heterocycles. The van der Waals surface area contributed by atoms with Crippen molar-refractivity contribution in [3.05, 3.63) is 115 Å². The Bertz CT molecular complexity index is 1550. The highest BCUT2D eigenvalue weighted by atomic mass is 35.5. The molecule has 1 aromatic carbocycles. The fraction of sp³-hybridized carbons (Fsp3) is 0.241. The van der Waals surface area contributed by atoms with Gasteiger partial charge in [-0.1, -0.05) is 42.3 Å². The zero-order chi connectivity index (χ0) is 29.4. The van der Waals surface area contributed by atoms with E-state index in [9.17, 15) is 9.59 Å². The Morgan fingerprint density at radius 1 is 1.25 bits per heavy atom. The lowest BCUT2D eigenvalue weighted by molar-refractivity contribution is 0.0940. The highest BCUT2D eigenvalue weighted by Crippen LogP contribution is 2.27. The van der Waals surface area contributed by atoms with Gasteiger partial charge in [-0.25, -0.2) is 8.78 Å². The fourth-order valence-corrected chi connectivity index (χ4v) is 4.56. The summed E-state index contributed by atoms with van der Waals surface area (Å²) in [5.41, 5.74) is 0.0926. The molecule has 40 heavy (non-hydrogen) atoms. The summed E-state index contributed by atoms with van der Waals surface area (Å²) in [6.07, 6.45) is 7.39. The predicted molar refractivity (Wildman–Crippen MR) is 154 cm³/mol. The fourth-order valence-electron chi connectivity index (χ4n) is 4.04. The molecule has 210 valence electrons. The van der Waals surface area contributed by atoms with Crippen LogP contribution >= 0.6 is 23.2 Å². The first-order valence-corrected chi connectivity index (χ1v) is 13.1. The maximum absolute atomic E-state index is 15.7. The van der Waals surface area contributed by atoms with Gasteiger partial charge in [-0.05, 0) is 61.6 Å². The lowest BCUT2D eigenvalue weighted by Gasteiger charge is -2.17. The Labute approximate surface area is 240 Å². The van der Waals surface area contributed by atoms with Crippen molar-refractivity contribution in [3.63, 3.8) is 0 Å². The second-order valence-electron chi connectivity index (χ2n) is 8.93. The van der Waals surface area contributed by atoms with E-state index in [1.807, 2.05) is 6.92 Å². The number of aliphatic hydroxyl groups excluding tert-OH is 1. The Morgan fingerprint density at radius 3 is 2.65 bits per heavy atom. The average Bonchev–Trinajstić information content (AvgIpc) is 2.92. The first-order valence-electron chi connectivity index (χ1n) is 12.3. The zero-order valence-corrected chi connectivity index (χ0v) is 23.6. The SMILES string of the molecule is C/C=C/N=C(/C(F)=C/n1c(C)cc(C(C)Cc2cncc(Cl)c2)c(Cl)c1=O)c1cccc(C(=O)NCCO)c1F. The monoisotopic (exact) mass is 588 g/mol. The molecular formula is C29H28Cl2F2N4O3. The molecule has 11 heteroatoms. The van der Waals surface area contributed by atoms with E-state index in [2.05, 4.69) is 15.3 Å². The minimum Gasteiger partial charge on any atom is -0.395 e. The number of nitrogens with zero attached hydrogens (tertiary/aromatic N) is 3. The Balaban J connectivity index is 2.04. The molecule has 2 N–H and O–H groups in total. The molecule has 0 spiro atoms. The van der Waals surface area contributed by atoms with Crippen molar-refractivity contribution < 1.29 is 18.7 Å². The van der Waals surface area contributed by atoms with Crippen LogP contribution < -0.4 is 10.9 Å². The molecule has 1 atom stereocenters. The van der Waals surface area contributed by atoms with Gasteiger partial charge in [0.15, 0.2) is 5.83 Å². The summed E-state index contributed by atoms with van der Waals surface area (Å²) in [5.74, 6) is -2.99. The largest absolute Gasteiger partial charge is 0.395 e. The van der Waals surface area contributed by atoms with E-state index in [1.165, 1.54) is 36.7 Å². The van der Waals surface area contributed by atoms with Crippen molar-refractivity contribution in [1.82, 2.24) is 14.9 Å². The van der Waals surface area contributed by atoms with Crippen molar-refractivity contribution in [1.29, 1.82) is 0 Å². The van der Waals surface area contributed by atoms with Gasteiger partial charge >= 0.3 is 0 Å². The van der Waals surface area contributed by atoms with Crippen molar-refractivity contribution in [2.75, 3.05) is 13.2 Å². The smallest absolute Gasteiger partial charge is 0.273 e. The van der Waals surface area contributed by atoms with Crippen LogP contribution in [0.15, 0.2) is 70.6 Å². The van der Waals surface area contributed by atoms with E-state index in [0.717, 1.165) is 16.3 Å². The number of aryl methyl sites for hydroxylation is 1. The maximum Gasteiger partial charge on any atom is 0.273 e. The number of halogens is 4. The van der Waals surface area contributed by atoms with Crippen molar-refractivity contribution in [2.45, 2.75) is 33.1 Å². The summed E-state index contributed by atoms with van der Waals surface area (Å²) in [4.78, 5) is 33.7. The number of nitrogens with one attached hydrogen (secondary N) is 1. The molecule has 2 heterocycles. The number of aliphatic hydroxyl groups is 1. The molecule has 1 amide bonds. The predicted octanol–water partition coefficient (Wildman–Crippen LogP) is 5.86. The van der Waals surface area contributed by atoms with Gasteiger partial charge in [0.2, 0.25) is 0 Å². The van der Waals surface area contributed by atoms with Gasteiger partial charge in [-0.2, -0.15) is 0 Å². The molecule has 0 radical (unpaired) electrons. The molecular weight excluding hydrogens is 561 g/mol. The number of rotatable bonds is 10. The molecule has 7 nitrogen and oxygen atoms in total. The molecule has 0 saturated heterocycles. The molecule has 3 aromatic rings. The summed E-state index contributed by atoms with van der Waals surface area (Å²) in [6, 6.07) is 7.34. The van der Waals surface area contributed by atoms with Crippen LogP contribution in [0.3, 0.4) is 0 Å². The van der Waals surface area contributed by atoms with Gasteiger partial charge in [-0.15, -0.1) is 0 Å². The molecule has 1 unspecified atom stereocenters. The summed E-state index contributed by atoms with van der Waals surface area (Å²) < 4.78 is 32.1. The van der Waals surface area contributed by atoms with Crippen LogP contribution in [0.2, 0.25) is 10.0 Å². The van der Waals surface area contributed by atoms with E-state index in [1.54, 1.807) is 32.2 Å². The molecule has 0 fully saturated rings. The number of hydrogen-bond donors (Lipinski definition) is 2. The van der Waals surface area contributed by atoms with E-state index in [4.69, 9.17) is 28.3 Å².